The Morgan fingerprint density at radius 2 is 1.58 bits per heavy atom. The van der Waals surface area contributed by atoms with E-state index in [9.17, 15) is 9.90 Å². The van der Waals surface area contributed by atoms with Crippen molar-refractivity contribution >= 4 is 5.78 Å². The molecule has 0 saturated heterocycles. The first kappa shape index (κ1) is 15.9. The fourth-order valence-corrected chi connectivity index (χ4v) is 2.38. The molecule has 0 fully saturated rings. The average Bonchev–Trinajstić information content (AvgIpc) is 2.47. The fraction of sp³-hybridized carbons (Fsp3) is 0.588. The minimum absolute atomic E-state index is 0.104. The number of hydrogen-bond acceptors (Lipinski definition) is 2. The molecule has 1 rings (SSSR count). The predicted octanol–water partition coefficient (Wildman–Crippen LogP) is 4.23. The lowest BCUT2D eigenvalue weighted by Crippen LogP contribution is -2.29. The van der Waals surface area contributed by atoms with Crippen molar-refractivity contribution in [2.24, 2.45) is 5.92 Å². The molecule has 0 radical (unpaired) electrons. The van der Waals surface area contributed by atoms with Crippen molar-refractivity contribution in [1.29, 1.82) is 0 Å². The second-order valence-electron chi connectivity index (χ2n) is 5.22. The number of carbonyl (C=O) groups is 1. The molecule has 1 N–H and O–H groups in total. The molecule has 19 heavy (non-hydrogen) atoms. The summed E-state index contributed by atoms with van der Waals surface area (Å²) in [6.07, 6.45) is 5.40. The second-order valence-corrected chi connectivity index (χ2v) is 5.22. The van der Waals surface area contributed by atoms with E-state index >= 15 is 0 Å². The van der Waals surface area contributed by atoms with Crippen LogP contribution in [-0.4, -0.2) is 17.0 Å². The van der Waals surface area contributed by atoms with Crippen molar-refractivity contribution < 1.29 is 9.90 Å². The number of ketones is 1. The number of unbranched alkanes of at least 4 members (excludes halogenated alkanes) is 2. The zero-order chi connectivity index (χ0) is 14.1. The van der Waals surface area contributed by atoms with Crippen molar-refractivity contribution in [3.63, 3.8) is 0 Å². The Morgan fingerprint density at radius 1 is 1.05 bits per heavy atom. The van der Waals surface area contributed by atoms with Crippen molar-refractivity contribution in [3.05, 3.63) is 35.9 Å². The van der Waals surface area contributed by atoms with E-state index in [4.69, 9.17) is 0 Å². The Hall–Kier alpha value is -1.15. The summed E-state index contributed by atoms with van der Waals surface area (Å²) < 4.78 is 0. The molecule has 2 nitrogen and oxygen atoms in total. The highest BCUT2D eigenvalue weighted by atomic mass is 16.3. The van der Waals surface area contributed by atoms with Crippen LogP contribution in [-0.2, 0) is 0 Å². The van der Waals surface area contributed by atoms with Gasteiger partial charge in [-0.25, -0.2) is 0 Å². The Bertz CT molecular complexity index is 351. The van der Waals surface area contributed by atoms with Crippen LogP contribution < -0.4 is 0 Å². The number of benzene rings is 1. The third-order valence-electron chi connectivity index (χ3n) is 3.63. The van der Waals surface area contributed by atoms with E-state index in [0.717, 1.165) is 38.5 Å². The van der Waals surface area contributed by atoms with Gasteiger partial charge in [-0.15, -0.1) is 0 Å². The van der Waals surface area contributed by atoms with Crippen molar-refractivity contribution in [3.8, 4) is 0 Å². The average molecular weight is 262 g/mol. The Morgan fingerprint density at radius 3 is 2.05 bits per heavy atom. The van der Waals surface area contributed by atoms with Gasteiger partial charge in [-0.05, 0) is 18.8 Å². The zero-order valence-corrected chi connectivity index (χ0v) is 12.1. The predicted molar refractivity (Wildman–Crippen MR) is 79.3 cm³/mol. The lowest BCUT2D eigenvalue weighted by molar-refractivity contribution is 0.0564. The summed E-state index contributed by atoms with van der Waals surface area (Å²) in [6.45, 7) is 4.28. The van der Waals surface area contributed by atoms with Crippen molar-refractivity contribution in [1.82, 2.24) is 0 Å². The third-order valence-corrected chi connectivity index (χ3v) is 3.63. The number of aliphatic hydroxyl groups is 1. The van der Waals surface area contributed by atoms with Gasteiger partial charge in [-0.2, -0.15) is 0 Å². The molecule has 0 aliphatic heterocycles. The minimum Gasteiger partial charge on any atom is -0.385 e. The quantitative estimate of drug-likeness (QED) is 0.676. The highest BCUT2D eigenvalue weighted by molar-refractivity contribution is 5.99. The molecule has 1 aromatic rings. The van der Waals surface area contributed by atoms with E-state index in [1.807, 2.05) is 18.2 Å². The maximum absolute atomic E-state index is 12.3. The SMILES string of the molecule is CCCCC(CCCC)C(O)C(=O)c1ccccc1. The highest BCUT2D eigenvalue weighted by Crippen LogP contribution is 2.22. The van der Waals surface area contributed by atoms with Gasteiger partial charge in [0.25, 0.3) is 0 Å². The monoisotopic (exact) mass is 262 g/mol. The standard InChI is InChI=1S/C17H26O2/c1-3-5-10-14(11-6-4-2)16(18)17(19)15-12-8-7-9-13-15/h7-9,12-14,16,18H,3-6,10-11H2,1-2H3. The van der Waals surface area contributed by atoms with Crippen LogP contribution in [0.3, 0.4) is 0 Å². The fourth-order valence-electron chi connectivity index (χ4n) is 2.38. The molecule has 1 aromatic carbocycles. The molecule has 0 aliphatic carbocycles. The van der Waals surface area contributed by atoms with Gasteiger partial charge in [0.05, 0.1) is 0 Å². The summed E-state index contributed by atoms with van der Waals surface area (Å²) >= 11 is 0. The van der Waals surface area contributed by atoms with E-state index in [0.29, 0.717) is 5.56 Å². The molecule has 2 heteroatoms. The molecule has 106 valence electrons. The van der Waals surface area contributed by atoms with Gasteiger partial charge >= 0.3 is 0 Å². The summed E-state index contributed by atoms with van der Waals surface area (Å²) in [5.41, 5.74) is 0.619. The molecular formula is C17H26O2. The number of aliphatic hydroxyl groups excluding tert-OH is 1. The molecule has 0 bridgehead atoms. The van der Waals surface area contributed by atoms with Crippen LogP contribution in [0.15, 0.2) is 30.3 Å². The first-order chi connectivity index (χ1) is 9.20. The van der Waals surface area contributed by atoms with Crippen LogP contribution in [0.1, 0.15) is 62.7 Å². The maximum atomic E-state index is 12.3. The summed E-state index contributed by atoms with van der Waals surface area (Å²) in [7, 11) is 0. The number of rotatable bonds is 9. The van der Waals surface area contributed by atoms with Gasteiger partial charge in [0.15, 0.2) is 5.78 Å². The van der Waals surface area contributed by atoms with Gasteiger partial charge < -0.3 is 5.11 Å². The lowest BCUT2D eigenvalue weighted by Gasteiger charge is -2.21. The molecule has 0 amide bonds. The molecule has 0 saturated carbocycles. The Labute approximate surface area is 116 Å². The van der Waals surface area contributed by atoms with E-state index in [2.05, 4.69) is 13.8 Å². The first-order valence-corrected chi connectivity index (χ1v) is 7.48. The molecule has 0 heterocycles. The van der Waals surface area contributed by atoms with Crippen molar-refractivity contribution in [2.45, 2.75) is 58.5 Å². The largest absolute Gasteiger partial charge is 0.385 e. The molecule has 0 aliphatic rings. The van der Waals surface area contributed by atoms with Gasteiger partial charge in [0.2, 0.25) is 0 Å². The molecule has 1 atom stereocenters. The van der Waals surface area contributed by atoms with Crippen LogP contribution in [0.5, 0.6) is 0 Å². The summed E-state index contributed by atoms with van der Waals surface area (Å²) in [4.78, 5) is 12.3. The lowest BCUT2D eigenvalue weighted by atomic mass is 9.87. The topological polar surface area (TPSA) is 37.3 Å². The van der Waals surface area contributed by atoms with Gasteiger partial charge in [0.1, 0.15) is 6.10 Å². The highest BCUT2D eigenvalue weighted by Gasteiger charge is 2.25. The molecule has 0 aromatic heterocycles. The van der Waals surface area contributed by atoms with Crippen molar-refractivity contribution in [2.75, 3.05) is 0 Å². The summed E-state index contributed by atoms with van der Waals surface area (Å²) in [6, 6.07) is 9.12. The number of hydrogen-bond donors (Lipinski definition) is 1. The molecule has 1 unspecified atom stereocenters. The van der Waals surface area contributed by atoms with E-state index in [1.165, 1.54) is 0 Å². The Kier molecular flexibility index (Phi) is 7.42. The summed E-state index contributed by atoms with van der Waals surface area (Å²) in [5, 5.41) is 10.3. The second kappa shape index (κ2) is 8.87. The van der Waals surface area contributed by atoms with Gasteiger partial charge in [0, 0.05) is 5.56 Å². The van der Waals surface area contributed by atoms with Crippen LogP contribution in [0.4, 0.5) is 0 Å². The van der Waals surface area contributed by atoms with E-state index in [1.54, 1.807) is 12.1 Å². The molecule has 0 spiro atoms. The number of Topliss-reactive ketones (excluding diaryl/α,β-unsaturated/α-hetero) is 1. The maximum Gasteiger partial charge on any atom is 0.191 e. The minimum atomic E-state index is -0.847. The van der Waals surface area contributed by atoms with E-state index < -0.39 is 6.10 Å². The Balaban J connectivity index is 2.68. The van der Waals surface area contributed by atoms with Crippen LogP contribution in [0, 0.1) is 5.92 Å². The number of carbonyl (C=O) groups excluding carboxylic acids is 1. The van der Waals surface area contributed by atoms with E-state index in [-0.39, 0.29) is 11.7 Å². The normalized spacial score (nSPS) is 12.6. The smallest absolute Gasteiger partial charge is 0.191 e. The van der Waals surface area contributed by atoms with Crippen LogP contribution in [0.25, 0.3) is 0 Å². The van der Waals surface area contributed by atoms with Gasteiger partial charge in [-0.3, -0.25) is 4.79 Å². The van der Waals surface area contributed by atoms with Crippen LogP contribution >= 0.6 is 0 Å². The van der Waals surface area contributed by atoms with Gasteiger partial charge in [-0.1, -0.05) is 69.9 Å². The molecular weight excluding hydrogens is 236 g/mol. The first-order valence-electron chi connectivity index (χ1n) is 7.48. The third kappa shape index (κ3) is 5.15. The summed E-state index contributed by atoms with van der Waals surface area (Å²) in [5.74, 6) is -0.0228. The zero-order valence-electron chi connectivity index (χ0n) is 12.1. The van der Waals surface area contributed by atoms with Crippen LogP contribution in [0.2, 0.25) is 0 Å².